The summed E-state index contributed by atoms with van der Waals surface area (Å²) >= 11 is 0. The average molecular weight is 214 g/mol. The molecule has 15 heavy (non-hydrogen) atoms. The van der Waals surface area contributed by atoms with E-state index in [0.29, 0.717) is 5.71 Å². The number of hydrogen-bond acceptors (Lipinski definition) is 6. The van der Waals surface area contributed by atoms with Crippen LogP contribution >= 0.6 is 0 Å². The lowest BCUT2D eigenvalue weighted by molar-refractivity contribution is 0.980. The Morgan fingerprint density at radius 3 is 2.13 bits per heavy atom. The molecule has 0 saturated carbocycles. The van der Waals surface area contributed by atoms with Crippen LogP contribution in [0.15, 0.2) is 20.4 Å². The third kappa shape index (κ3) is 6.62. The summed E-state index contributed by atoms with van der Waals surface area (Å²) in [6.45, 7) is 1.66. The maximum absolute atomic E-state index is 5.21. The number of rotatable bonds is 3. The Balaban J connectivity index is 4.07. The van der Waals surface area contributed by atoms with Gasteiger partial charge in [0.25, 0.3) is 0 Å². The fourth-order valence-electron chi connectivity index (χ4n) is 0.424. The van der Waals surface area contributed by atoms with Crippen molar-refractivity contribution < 1.29 is 0 Å². The number of nitrogens with zero attached hydrogens (tertiary/aromatic N) is 4. The minimum absolute atomic E-state index is 0.0151. The third-order valence-electron chi connectivity index (χ3n) is 1.06. The molecule has 0 atom stereocenters. The first-order chi connectivity index (χ1) is 7.10. The molecule has 84 valence electrons. The van der Waals surface area contributed by atoms with Gasteiger partial charge in [0.05, 0.1) is 11.9 Å². The highest BCUT2D eigenvalue weighted by molar-refractivity contribution is 6.29. The van der Waals surface area contributed by atoms with Gasteiger partial charge in [-0.25, -0.2) is 10.9 Å². The Morgan fingerprint density at radius 2 is 1.60 bits per heavy atom. The number of hydrazone groups is 4. The second-order valence-electron chi connectivity index (χ2n) is 2.26. The van der Waals surface area contributed by atoms with Gasteiger partial charge in [-0.05, 0) is 6.92 Å². The molecule has 0 bridgehead atoms. The van der Waals surface area contributed by atoms with Crippen molar-refractivity contribution in [2.45, 2.75) is 6.92 Å². The quantitative estimate of drug-likeness (QED) is 0.125. The molecule has 0 heterocycles. The molecule has 0 aromatic rings. The lowest BCUT2D eigenvalue weighted by Gasteiger charge is -1.97. The Morgan fingerprint density at radius 1 is 1.07 bits per heavy atom. The molecule has 10 heteroatoms. The molecule has 0 radical (unpaired) electrons. The Kier molecular flexibility index (Phi) is 5.77. The lowest BCUT2D eigenvalue weighted by Crippen LogP contribution is -2.30. The monoisotopic (exact) mass is 214 g/mol. The van der Waals surface area contributed by atoms with Crippen LogP contribution in [-0.2, 0) is 0 Å². The van der Waals surface area contributed by atoms with E-state index in [-0.39, 0.29) is 11.9 Å². The highest BCUT2D eigenvalue weighted by Crippen LogP contribution is 1.69. The molecule has 0 aliphatic rings. The van der Waals surface area contributed by atoms with Gasteiger partial charge in [-0.1, -0.05) is 0 Å². The zero-order valence-corrected chi connectivity index (χ0v) is 8.18. The summed E-state index contributed by atoms with van der Waals surface area (Å²) in [7, 11) is 0. The second kappa shape index (κ2) is 6.94. The Hall–Kier alpha value is -2.52. The Bertz CT molecular complexity index is 299. The van der Waals surface area contributed by atoms with Gasteiger partial charge in [0.1, 0.15) is 0 Å². The van der Waals surface area contributed by atoms with Crippen molar-refractivity contribution in [3.8, 4) is 0 Å². The van der Waals surface area contributed by atoms with Crippen LogP contribution in [0.5, 0.6) is 0 Å². The number of hydrogen-bond donors (Lipinski definition) is 6. The fraction of sp³-hybridized carbons (Fsp3) is 0.200. The van der Waals surface area contributed by atoms with Gasteiger partial charge in [-0.15, -0.1) is 10.2 Å². The molecular formula is C5H14N10. The van der Waals surface area contributed by atoms with Gasteiger partial charge in [-0.2, -0.15) is 10.2 Å². The minimum Gasteiger partial charge on any atom is -0.367 e. The summed E-state index contributed by atoms with van der Waals surface area (Å²) < 4.78 is 0. The van der Waals surface area contributed by atoms with Crippen LogP contribution in [-0.4, -0.2) is 23.8 Å². The smallest absolute Gasteiger partial charge is 0.231 e. The van der Waals surface area contributed by atoms with E-state index < -0.39 is 0 Å². The van der Waals surface area contributed by atoms with Gasteiger partial charge in [0, 0.05) is 0 Å². The predicted molar refractivity (Wildman–Crippen MR) is 59.5 cm³/mol. The molecule has 0 aliphatic heterocycles. The van der Waals surface area contributed by atoms with E-state index >= 15 is 0 Å². The highest BCUT2D eigenvalue weighted by Gasteiger charge is 1.88. The van der Waals surface area contributed by atoms with Crippen LogP contribution in [0.1, 0.15) is 6.92 Å². The summed E-state index contributed by atoms with van der Waals surface area (Å²) in [5.41, 5.74) is 15.6. The molecule has 0 rings (SSSR count). The largest absolute Gasteiger partial charge is 0.367 e. The van der Waals surface area contributed by atoms with E-state index in [1.54, 1.807) is 6.92 Å². The SMILES string of the molecule is CC(/C=N/N/C(N)=N/N)=N\N/C(N)=N/N. The predicted octanol–water partition coefficient (Wildman–Crippen LogP) is -3.10. The Labute approximate surface area is 86.1 Å². The average Bonchev–Trinajstić information content (AvgIpc) is 2.25. The summed E-state index contributed by atoms with van der Waals surface area (Å²) in [6, 6.07) is 0. The van der Waals surface area contributed by atoms with Crippen molar-refractivity contribution >= 4 is 23.8 Å². The highest BCUT2D eigenvalue weighted by atomic mass is 15.4. The van der Waals surface area contributed by atoms with Crippen molar-refractivity contribution in [1.29, 1.82) is 0 Å². The van der Waals surface area contributed by atoms with Crippen molar-refractivity contribution in [3.63, 3.8) is 0 Å². The van der Waals surface area contributed by atoms with Crippen LogP contribution in [0.3, 0.4) is 0 Å². The van der Waals surface area contributed by atoms with Crippen LogP contribution in [0.4, 0.5) is 0 Å². The summed E-state index contributed by atoms with van der Waals surface area (Å²) in [6.07, 6.45) is 1.37. The number of guanidine groups is 2. The standard InChI is InChI=1S/C5H14N10/c1-3(13-15-5(7)12-9)2-10-14-4(6)11-8/h2H,8-9H2,1H3,(H3,6,11,14)(H3,7,12,15)/b10-2+,13-3+. The van der Waals surface area contributed by atoms with E-state index in [2.05, 4.69) is 31.3 Å². The minimum atomic E-state index is -0.0185. The first-order valence-corrected chi connectivity index (χ1v) is 3.76. The zero-order valence-electron chi connectivity index (χ0n) is 8.18. The molecule has 0 aromatic carbocycles. The summed E-state index contributed by atoms with van der Waals surface area (Å²) in [5, 5.41) is 13.7. The number of nitrogens with two attached hydrogens (primary N) is 4. The van der Waals surface area contributed by atoms with Crippen molar-refractivity contribution in [2.75, 3.05) is 0 Å². The van der Waals surface area contributed by atoms with Crippen LogP contribution in [0.25, 0.3) is 0 Å². The van der Waals surface area contributed by atoms with Crippen molar-refractivity contribution in [1.82, 2.24) is 10.9 Å². The zero-order chi connectivity index (χ0) is 11.7. The van der Waals surface area contributed by atoms with E-state index in [4.69, 9.17) is 23.2 Å². The summed E-state index contributed by atoms with van der Waals surface area (Å²) in [5.74, 6) is 9.66. The van der Waals surface area contributed by atoms with E-state index in [0.717, 1.165) is 0 Å². The summed E-state index contributed by atoms with van der Waals surface area (Å²) in [4.78, 5) is 0. The molecule has 0 saturated heterocycles. The molecule has 0 aliphatic carbocycles. The van der Waals surface area contributed by atoms with Crippen LogP contribution in [0, 0.1) is 0 Å². The van der Waals surface area contributed by atoms with E-state index in [1.165, 1.54) is 6.21 Å². The molecule has 10 nitrogen and oxygen atoms in total. The van der Waals surface area contributed by atoms with Crippen LogP contribution < -0.4 is 34.0 Å². The first-order valence-electron chi connectivity index (χ1n) is 3.76. The molecule has 0 amide bonds. The number of nitrogens with one attached hydrogen (secondary N) is 2. The maximum atomic E-state index is 5.21. The van der Waals surface area contributed by atoms with Gasteiger partial charge in [0.15, 0.2) is 0 Å². The fourth-order valence-corrected chi connectivity index (χ4v) is 0.424. The van der Waals surface area contributed by atoms with Crippen molar-refractivity contribution in [2.24, 2.45) is 43.6 Å². The van der Waals surface area contributed by atoms with Gasteiger partial charge in [-0.3, -0.25) is 0 Å². The van der Waals surface area contributed by atoms with Gasteiger partial charge in [0.2, 0.25) is 11.9 Å². The topological polar surface area (TPSA) is 178 Å². The second-order valence-corrected chi connectivity index (χ2v) is 2.26. The molecule has 0 unspecified atom stereocenters. The molecule has 0 spiro atoms. The van der Waals surface area contributed by atoms with Crippen molar-refractivity contribution in [3.05, 3.63) is 0 Å². The first kappa shape index (κ1) is 12.5. The molecular weight excluding hydrogens is 200 g/mol. The maximum Gasteiger partial charge on any atom is 0.231 e. The third-order valence-corrected chi connectivity index (χ3v) is 1.06. The van der Waals surface area contributed by atoms with Gasteiger partial charge >= 0.3 is 0 Å². The normalized spacial score (nSPS) is 14.3. The molecule has 10 N–H and O–H groups in total. The van der Waals surface area contributed by atoms with E-state index in [1.807, 2.05) is 0 Å². The van der Waals surface area contributed by atoms with E-state index in [9.17, 15) is 0 Å². The molecule has 0 fully saturated rings. The lowest BCUT2D eigenvalue weighted by atomic mass is 10.5. The molecule has 0 aromatic heterocycles. The van der Waals surface area contributed by atoms with Crippen LogP contribution in [0.2, 0.25) is 0 Å². The van der Waals surface area contributed by atoms with Gasteiger partial charge < -0.3 is 23.2 Å².